The second kappa shape index (κ2) is 4.70. The van der Waals surface area contributed by atoms with Gasteiger partial charge >= 0.3 is 5.97 Å². The molecule has 0 atom stereocenters. The minimum absolute atomic E-state index is 0.0377. The number of nitrogens with two attached hydrogens (primary N) is 1. The minimum atomic E-state index is -1.07. The van der Waals surface area contributed by atoms with Gasteiger partial charge in [-0.3, -0.25) is 4.98 Å². The lowest BCUT2D eigenvalue weighted by Gasteiger charge is -2.18. The van der Waals surface area contributed by atoms with E-state index in [-0.39, 0.29) is 11.3 Å². The van der Waals surface area contributed by atoms with Crippen LogP contribution < -0.4 is 10.6 Å². The van der Waals surface area contributed by atoms with Gasteiger partial charge in [-0.2, -0.15) is 0 Å². The van der Waals surface area contributed by atoms with Crippen LogP contribution in [0.15, 0.2) is 36.8 Å². The molecule has 0 aliphatic carbocycles. The van der Waals surface area contributed by atoms with E-state index in [0.717, 1.165) is 5.69 Å². The molecule has 2 aromatic heterocycles. The van der Waals surface area contributed by atoms with E-state index in [1.165, 1.54) is 12.3 Å². The molecule has 92 valence electrons. The predicted octanol–water partition coefficient (Wildman–Crippen LogP) is 1.52. The fourth-order valence-corrected chi connectivity index (χ4v) is 1.51. The van der Waals surface area contributed by atoms with Crippen molar-refractivity contribution in [2.75, 3.05) is 17.7 Å². The Bertz CT molecular complexity index is 572. The van der Waals surface area contributed by atoms with Gasteiger partial charge in [0.15, 0.2) is 0 Å². The van der Waals surface area contributed by atoms with Crippen molar-refractivity contribution >= 4 is 23.2 Å². The first kappa shape index (κ1) is 11.8. The third kappa shape index (κ3) is 2.22. The first-order chi connectivity index (χ1) is 8.59. The van der Waals surface area contributed by atoms with Crippen LogP contribution in [0.5, 0.6) is 0 Å². The Morgan fingerprint density at radius 2 is 2.22 bits per heavy atom. The first-order valence-electron chi connectivity index (χ1n) is 5.22. The number of hydrogen-bond acceptors (Lipinski definition) is 5. The maximum atomic E-state index is 11.0. The van der Waals surface area contributed by atoms with Crippen LogP contribution in [-0.2, 0) is 0 Å². The lowest BCUT2D eigenvalue weighted by molar-refractivity contribution is 0.0698. The number of pyridine rings is 2. The zero-order valence-corrected chi connectivity index (χ0v) is 9.74. The lowest BCUT2D eigenvalue weighted by Crippen LogP contribution is -2.13. The first-order valence-corrected chi connectivity index (χ1v) is 5.22. The normalized spacial score (nSPS) is 10.1. The van der Waals surface area contributed by atoms with Gasteiger partial charge in [-0.05, 0) is 18.2 Å². The molecule has 0 radical (unpaired) electrons. The van der Waals surface area contributed by atoms with E-state index in [4.69, 9.17) is 10.8 Å². The van der Waals surface area contributed by atoms with Crippen LogP contribution in [0.1, 0.15) is 10.4 Å². The Kier molecular flexibility index (Phi) is 3.09. The number of aromatic nitrogens is 2. The summed E-state index contributed by atoms with van der Waals surface area (Å²) in [4.78, 5) is 20.8. The molecule has 0 aliphatic rings. The fourth-order valence-electron chi connectivity index (χ4n) is 1.51. The summed E-state index contributed by atoms with van der Waals surface area (Å²) in [5.74, 6) is -0.578. The van der Waals surface area contributed by atoms with Gasteiger partial charge in [-0.15, -0.1) is 0 Å². The third-order valence-corrected chi connectivity index (χ3v) is 2.53. The van der Waals surface area contributed by atoms with E-state index in [9.17, 15) is 4.79 Å². The molecule has 0 unspecified atom stereocenters. The molecule has 2 rings (SSSR count). The maximum absolute atomic E-state index is 11.0. The number of hydrogen-bond donors (Lipinski definition) is 2. The molecule has 0 fully saturated rings. The van der Waals surface area contributed by atoms with Crippen molar-refractivity contribution in [1.82, 2.24) is 9.97 Å². The smallest absolute Gasteiger partial charge is 0.337 e. The number of carboxylic acid groups (broad SMARTS) is 1. The molecule has 3 N–H and O–H groups in total. The number of anilines is 3. The van der Waals surface area contributed by atoms with E-state index in [2.05, 4.69) is 9.97 Å². The second-order valence-electron chi connectivity index (χ2n) is 3.71. The van der Waals surface area contributed by atoms with Gasteiger partial charge in [0, 0.05) is 13.2 Å². The Morgan fingerprint density at radius 3 is 2.83 bits per heavy atom. The highest BCUT2D eigenvalue weighted by molar-refractivity contribution is 5.94. The molecule has 0 saturated carbocycles. The number of aromatic carboxylic acids is 1. The highest BCUT2D eigenvalue weighted by Gasteiger charge is 2.12. The van der Waals surface area contributed by atoms with Crippen molar-refractivity contribution in [2.24, 2.45) is 0 Å². The molecule has 0 amide bonds. The Labute approximate surface area is 104 Å². The van der Waals surface area contributed by atoms with Crippen molar-refractivity contribution in [2.45, 2.75) is 0 Å². The molecule has 0 bridgehead atoms. The van der Waals surface area contributed by atoms with Gasteiger partial charge in [0.25, 0.3) is 0 Å². The molecule has 0 spiro atoms. The van der Waals surface area contributed by atoms with Crippen LogP contribution in [0.2, 0.25) is 0 Å². The molecular weight excluding hydrogens is 232 g/mol. The van der Waals surface area contributed by atoms with E-state index < -0.39 is 5.97 Å². The quantitative estimate of drug-likeness (QED) is 0.850. The summed E-state index contributed by atoms with van der Waals surface area (Å²) < 4.78 is 0. The van der Waals surface area contributed by atoms with Gasteiger partial charge in [-0.25, -0.2) is 9.78 Å². The van der Waals surface area contributed by atoms with Crippen molar-refractivity contribution in [3.8, 4) is 0 Å². The summed E-state index contributed by atoms with van der Waals surface area (Å²) in [7, 11) is 1.78. The van der Waals surface area contributed by atoms with Gasteiger partial charge in [0.2, 0.25) is 0 Å². The minimum Gasteiger partial charge on any atom is -0.478 e. The van der Waals surface area contributed by atoms with Gasteiger partial charge in [-0.1, -0.05) is 0 Å². The number of nitrogen functional groups attached to an aromatic ring is 1. The average Bonchev–Trinajstić information content (AvgIpc) is 2.39. The number of nitrogens with zero attached hydrogens (tertiary/aromatic N) is 3. The van der Waals surface area contributed by atoms with E-state index >= 15 is 0 Å². The summed E-state index contributed by atoms with van der Waals surface area (Å²) >= 11 is 0. The molecule has 2 heterocycles. The largest absolute Gasteiger partial charge is 0.478 e. The zero-order valence-electron chi connectivity index (χ0n) is 9.74. The third-order valence-electron chi connectivity index (χ3n) is 2.53. The molecule has 18 heavy (non-hydrogen) atoms. The Hall–Kier alpha value is -2.63. The molecule has 2 aromatic rings. The molecular formula is C12H12N4O2. The Morgan fingerprint density at radius 1 is 1.44 bits per heavy atom. The van der Waals surface area contributed by atoms with Crippen molar-refractivity contribution in [3.05, 3.63) is 42.4 Å². The Balaban J connectivity index is 2.40. The standard InChI is InChI=1S/C12H12N4O2/c1-16(8-3-2-4-14-6-8)11-5-9(12(17)18)10(13)7-15-11/h2-7H,13H2,1H3,(H,17,18). The van der Waals surface area contributed by atoms with Crippen LogP contribution in [0.4, 0.5) is 17.2 Å². The fraction of sp³-hybridized carbons (Fsp3) is 0.0833. The topological polar surface area (TPSA) is 92.3 Å². The lowest BCUT2D eigenvalue weighted by atomic mass is 10.2. The van der Waals surface area contributed by atoms with E-state index in [1.807, 2.05) is 6.07 Å². The molecule has 6 nitrogen and oxygen atoms in total. The summed E-state index contributed by atoms with van der Waals surface area (Å²) in [6, 6.07) is 5.08. The van der Waals surface area contributed by atoms with Crippen LogP contribution in [0.3, 0.4) is 0 Å². The number of carboxylic acids is 1. The highest BCUT2D eigenvalue weighted by Crippen LogP contribution is 2.23. The summed E-state index contributed by atoms with van der Waals surface area (Å²) in [6.45, 7) is 0. The highest BCUT2D eigenvalue weighted by atomic mass is 16.4. The molecule has 0 aromatic carbocycles. The van der Waals surface area contributed by atoms with Crippen molar-refractivity contribution < 1.29 is 9.90 Å². The molecule has 0 saturated heterocycles. The van der Waals surface area contributed by atoms with Crippen LogP contribution in [0.25, 0.3) is 0 Å². The number of rotatable bonds is 3. The predicted molar refractivity (Wildman–Crippen MR) is 67.9 cm³/mol. The van der Waals surface area contributed by atoms with Crippen molar-refractivity contribution in [3.63, 3.8) is 0 Å². The monoisotopic (exact) mass is 244 g/mol. The maximum Gasteiger partial charge on any atom is 0.337 e. The molecule has 6 heteroatoms. The number of carbonyl (C=O) groups is 1. The summed E-state index contributed by atoms with van der Waals surface area (Å²) in [6.07, 6.45) is 4.67. The SMILES string of the molecule is CN(c1cccnc1)c1cc(C(=O)O)c(N)cn1. The average molecular weight is 244 g/mol. The van der Waals surface area contributed by atoms with E-state index in [0.29, 0.717) is 5.82 Å². The van der Waals surface area contributed by atoms with Gasteiger partial charge in [0.1, 0.15) is 5.82 Å². The second-order valence-corrected chi connectivity index (χ2v) is 3.71. The van der Waals surface area contributed by atoms with Crippen LogP contribution in [0, 0.1) is 0 Å². The van der Waals surface area contributed by atoms with E-state index in [1.54, 1.807) is 30.4 Å². The summed E-state index contributed by atoms with van der Waals surface area (Å²) in [5, 5.41) is 9.00. The van der Waals surface area contributed by atoms with Gasteiger partial charge in [0.05, 0.1) is 29.3 Å². The van der Waals surface area contributed by atoms with Gasteiger partial charge < -0.3 is 15.7 Å². The van der Waals surface area contributed by atoms with Crippen LogP contribution >= 0.6 is 0 Å². The molecule has 0 aliphatic heterocycles. The zero-order chi connectivity index (χ0) is 13.1. The summed E-state index contributed by atoms with van der Waals surface area (Å²) in [5.41, 5.74) is 6.55. The van der Waals surface area contributed by atoms with Crippen LogP contribution in [-0.4, -0.2) is 28.1 Å². The van der Waals surface area contributed by atoms with Crippen molar-refractivity contribution in [1.29, 1.82) is 0 Å².